The summed E-state index contributed by atoms with van der Waals surface area (Å²) in [4.78, 5) is 0. The van der Waals surface area contributed by atoms with Gasteiger partial charge in [-0.15, -0.1) is 0 Å². The average Bonchev–Trinajstić information content (AvgIpc) is 3.62. The SMILES string of the molecule is C[C@@H]1O[C@@H](O[C@H]2[C@H](O[C@H]3CC[C@]45C[C@]46CC[C@]4(C)[C@@H]([C@@]7(C)CC[C@@H](C(C)(C)O[C@@H]8O[C@H](CO)[C@@H](O)[C@H](O)[C@H]8O)O7)[C@@H](O)C[C@@]4(C)[C@@H]6C[C@H](O)[C@H]5C3(C)C)O[C@H](CO)[C@@H](O)[C@@H]2O)[C@H](O)[C@H](O)[C@H]1O. The summed E-state index contributed by atoms with van der Waals surface area (Å²) in [5.41, 5.74) is -3.48. The molecule has 9 rings (SSSR count). The van der Waals surface area contributed by atoms with Gasteiger partial charge in [0.1, 0.15) is 67.1 Å². The molecule has 0 amide bonds. The third kappa shape index (κ3) is 7.44. The Hall–Kier alpha value is -0.760. The van der Waals surface area contributed by atoms with Crippen molar-refractivity contribution in [1.29, 1.82) is 0 Å². The molecule has 67 heavy (non-hydrogen) atoms. The second kappa shape index (κ2) is 17.2. The molecule has 0 bridgehead atoms. The third-order valence-electron chi connectivity index (χ3n) is 20.2. The summed E-state index contributed by atoms with van der Waals surface area (Å²) in [5.74, 6) is -0.343. The molecule has 4 heterocycles. The van der Waals surface area contributed by atoms with Gasteiger partial charge in [-0.2, -0.15) is 0 Å². The lowest BCUT2D eigenvalue weighted by Crippen LogP contribution is -2.66. The van der Waals surface area contributed by atoms with Crippen molar-refractivity contribution in [3.8, 4) is 0 Å². The van der Waals surface area contributed by atoms with Gasteiger partial charge in [-0.3, -0.25) is 0 Å². The van der Waals surface area contributed by atoms with Crippen LogP contribution in [0.1, 0.15) is 113 Å². The second-order valence-electron chi connectivity index (χ2n) is 24.3. The molecule has 0 unspecified atom stereocenters. The van der Waals surface area contributed by atoms with E-state index >= 15 is 0 Å². The van der Waals surface area contributed by atoms with Gasteiger partial charge in [0.25, 0.3) is 0 Å². The smallest absolute Gasteiger partial charge is 0.187 e. The number of hydrogen-bond acceptors (Lipinski definition) is 19. The Balaban J connectivity index is 0.919. The summed E-state index contributed by atoms with van der Waals surface area (Å²) in [6.45, 7) is 14.8. The lowest BCUT2D eigenvalue weighted by Gasteiger charge is -2.65. The maximum atomic E-state index is 12.6. The van der Waals surface area contributed by atoms with Crippen LogP contribution in [0.15, 0.2) is 0 Å². The van der Waals surface area contributed by atoms with Gasteiger partial charge >= 0.3 is 0 Å². The highest BCUT2D eigenvalue weighted by Crippen LogP contribution is 2.89. The predicted octanol–water partition coefficient (Wildman–Crippen LogP) is -1.06. The molecule has 12 N–H and O–H groups in total. The molecule has 2 spiro atoms. The van der Waals surface area contributed by atoms with Gasteiger partial charge in [0.2, 0.25) is 0 Å². The Morgan fingerprint density at radius 1 is 0.582 bits per heavy atom. The quantitative estimate of drug-likeness (QED) is 0.116. The van der Waals surface area contributed by atoms with Gasteiger partial charge in [0.15, 0.2) is 18.9 Å². The number of aliphatic hydroxyl groups is 12. The fourth-order valence-electron chi connectivity index (χ4n) is 16.6. The van der Waals surface area contributed by atoms with Gasteiger partial charge in [-0.1, -0.05) is 27.7 Å². The van der Waals surface area contributed by atoms with Crippen molar-refractivity contribution < 1.29 is 94.4 Å². The normalized spacial score (nSPS) is 58.4. The Morgan fingerprint density at radius 2 is 1.19 bits per heavy atom. The Kier molecular flexibility index (Phi) is 13.1. The first kappa shape index (κ1) is 51.2. The number of fused-ring (bicyclic) bond motifs is 2. The van der Waals surface area contributed by atoms with Gasteiger partial charge in [-0.05, 0) is 124 Å². The van der Waals surface area contributed by atoms with Crippen LogP contribution in [0.5, 0.6) is 0 Å². The van der Waals surface area contributed by atoms with Crippen LogP contribution in [0.25, 0.3) is 0 Å². The van der Waals surface area contributed by atoms with Crippen LogP contribution in [0, 0.1) is 44.8 Å². The third-order valence-corrected chi connectivity index (χ3v) is 20.2. The van der Waals surface area contributed by atoms with Gasteiger partial charge < -0.3 is 94.4 Å². The van der Waals surface area contributed by atoms with Crippen LogP contribution in [-0.4, -0.2) is 202 Å². The van der Waals surface area contributed by atoms with Gasteiger partial charge in [0.05, 0.1) is 54.9 Å². The summed E-state index contributed by atoms with van der Waals surface area (Å²) in [6.07, 6.45) is -17.7. The van der Waals surface area contributed by atoms with E-state index < -0.39 is 146 Å². The van der Waals surface area contributed by atoms with E-state index in [0.29, 0.717) is 32.1 Å². The largest absolute Gasteiger partial charge is 0.394 e. The zero-order valence-corrected chi connectivity index (χ0v) is 40.2. The molecule has 0 aromatic heterocycles. The lowest BCUT2D eigenvalue weighted by molar-refractivity contribution is -0.376. The van der Waals surface area contributed by atoms with Gasteiger partial charge in [0, 0.05) is 5.92 Å². The van der Waals surface area contributed by atoms with Crippen molar-refractivity contribution in [3.05, 3.63) is 0 Å². The molecule has 4 saturated heterocycles. The van der Waals surface area contributed by atoms with E-state index in [9.17, 15) is 61.3 Å². The minimum absolute atomic E-state index is 0.0883. The molecule has 4 aliphatic heterocycles. The molecular formula is C48H80O19. The van der Waals surface area contributed by atoms with E-state index in [1.165, 1.54) is 6.92 Å². The maximum absolute atomic E-state index is 12.6. The summed E-state index contributed by atoms with van der Waals surface area (Å²) in [5, 5.41) is 130. The first-order valence-corrected chi connectivity index (χ1v) is 24.8. The lowest BCUT2D eigenvalue weighted by atomic mass is 9.41. The maximum Gasteiger partial charge on any atom is 0.187 e. The first-order chi connectivity index (χ1) is 31.2. The van der Waals surface area contributed by atoms with Crippen molar-refractivity contribution >= 4 is 0 Å². The van der Waals surface area contributed by atoms with Crippen molar-refractivity contribution in [2.45, 2.75) is 241 Å². The summed E-state index contributed by atoms with van der Waals surface area (Å²) in [6, 6.07) is 0. The number of hydrogen-bond donors (Lipinski definition) is 12. The van der Waals surface area contributed by atoms with Crippen LogP contribution in [0.2, 0.25) is 0 Å². The highest BCUT2D eigenvalue weighted by molar-refractivity contribution is 5.33. The topological polar surface area (TPSA) is 307 Å². The highest BCUT2D eigenvalue weighted by atomic mass is 16.8. The van der Waals surface area contributed by atoms with E-state index in [0.717, 1.165) is 25.7 Å². The van der Waals surface area contributed by atoms with Gasteiger partial charge in [-0.25, -0.2) is 0 Å². The van der Waals surface area contributed by atoms with Crippen LogP contribution >= 0.6 is 0 Å². The fourth-order valence-corrected chi connectivity index (χ4v) is 16.6. The van der Waals surface area contributed by atoms with E-state index in [1.54, 1.807) is 0 Å². The van der Waals surface area contributed by atoms with E-state index in [2.05, 4.69) is 34.6 Å². The molecule has 9 aliphatic rings. The molecule has 19 nitrogen and oxygen atoms in total. The van der Waals surface area contributed by atoms with E-state index in [-0.39, 0.29) is 39.4 Å². The molecular weight excluding hydrogens is 881 g/mol. The summed E-state index contributed by atoms with van der Waals surface area (Å²) >= 11 is 0. The van der Waals surface area contributed by atoms with Crippen LogP contribution in [-0.2, 0) is 33.2 Å². The zero-order chi connectivity index (χ0) is 48.9. The molecule has 0 radical (unpaired) electrons. The number of rotatable bonds is 10. The molecule has 386 valence electrons. The number of ether oxygens (including phenoxy) is 7. The second-order valence-corrected chi connectivity index (χ2v) is 24.3. The average molecular weight is 961 g/mol. The minimum Gasteiger partial charge on any atom is -0.394 e. The van der Waals surface area contributed by atoms with E-state index in [1.807, 2.05) is 13.8 Å². The van der Waals surface area contributed by atoms with E-state index in [4.69, 9.17) is 33.2 Å². The van der Waals surface area contributed by atoms with Crippen LogP contribution in [0.3, 0.4) is 0 Å². The van der Waals surface area contributed by atoms with Crippen LogP contribution < -0.4 is 0 Å². The molecule has 9 fully saturated rings. The molecule has 19 heteroatoms. The summed E-state index contributed by atoms with van der Waals surface area (Å²) < 4.78 is 43.6. The monoisotopic (exact) mass is 961 g/mol. The predicted molar refractivity (Wildman–Crippen MR) is 231 cm³/mol. The first-order valence-electron chi connectivity index (χ1n) is 24.8. The Bertz CT molecular complexity index is 1810. The zero-order valence-electron chi connectivity index (χ0n) is 40.2. The molecule has 0 aromatic carbocycles. The molecule has 5 aliphatic carbocycles. The molecule has 27 atom stereocenters. The summed E-state index contributed by atoms with van der Waals surface area (Å²) in [7, 11) is 0. The highest BCUT2D eigenvalue weighted by Gasteiger charge is 2.85. The molecule has 5 saturated carbocycles. The van der Waals surface area contributed by atoms with Crippen molar-refractivity contribution in [2.75, 3.05) is 13.2 Å². The van der Waals surface area contributed by atoms with Crippen molar-refractivity contribution in [2.24, 2.45) is 44.8 Å². The minimum atomic E-state index is -1.70. The van der Waals surface area contributed by atoms with Crippen molar-refractivity contribution in [1.82, 2.24) is 0 Å². The number of aliphatic hydroxyl groups excluding tert-OH is 12. The van der Waals surface area contributed by atoms with Crippen LogP contribution in [0.4, 0.5) is 0 Å². The fraction of sp³-hybridized carbons (Fsp3) is 1.00. The van der Waals surface area contributed by atoms with Crippen molar-refractivity contribution in [3.63, 3.8) is 0 Å². The Morgan fingerprint density at radius 3 is 1.85 bits per heavy atom. The Labute approximate surface area is 392 Å². The molecule has 0 aromatic rings. The standard InChI is InChI=1S/C48H80O19/c1-20-28(53)31(56)34(59)39(61-20)65-36-33(58)30(55)24(18-50)63-41(36)64-26-10-12-48-19-47(48)14-13-44(6)38(22(52)16-45(44,7)25(47)15-21(51)37(48)42(26,2)3)46(8)11-9-27(66-46)43(4,5)67-40-35(60)32(57)29(54)23(17-49)62-40/h20-41,49-60H,9-19H2,1-8H3/t20-,21-,22-,23+,24+,25-,26-,27-,28-,29+,30+,31+,32-,33-,34+,35+,36+,37-,38-,39-,40-,41-,44+,45-,46+,47-,48+/m0/s1.